The Morgan fingerprint density at radius 3 is 2.52 bits per heavy atom. The number of hydrogen-bond donors (Lipinski definition) is 1. The lowest BCUT2D eigenvalue weighted by atomic mass is 9.91. The van der Waals surface area contributed by atoms with Gasteiger partial charge in [0.15, 0.2) is 5.82 Å². The van der Waals surface area contributed by atoms with E-state index in [0.717, 1.165) is 48.0 Å². The first-order valence-electron chi connectivity index (χ1n) is 9.20. The SMILES string of the molecule is Cc1cc(C)n(-c2ccc(=O)n(C3CCC(Nc4nc(C)ns4)CC3)n2)n1. The van der Waals surface area contributed by atoms with Gasteiger partial charge in [0.05, 0.1) is 11.7 Å². The van der Waals surface area contributed by atoms with E-state index >= 15 is 0 Å². The molecule has 142 valence electrons. The third kappa shape index (κ3) is 3.78. The Morgan fingerprint density at radius 1 is 1.11 bits per heavy atom. The summed E-state index contributed by atoms with van der Waals surface area (Å²) in [6, 6.07) is 5.81. The Labute approximate surface area is 161 Å². The van der Waals surface area contributed by atoms with Crippen LogP contribution < -0.4 is 10.9 Å². The average Bonchev–Trinajstić information content (AvgIpc) is 3.21. The van der Waals surface area contributed by atoms with Crippen molar-refractivity contribution >= 4 is 16.7 Å². The zero-order valence-electron chi connectivity index (χ0n) is 15.7. The summed E-state index contributed by atoms with van der Waals surface area (Å²) in [5.74, 6) is 1.48. The summed E-state index contributed by atoms with van der Waals surface area (Å²) in [5, 5.41) is 13.4. The smallest absolute Gasteiger partial charge is 0.267 e. The van der Waals surface area contributed by atoms with Gasteiger partial charge in [-0.15, -0.1) is 5.10 Å². The van der Waals surface area contributed by atoms with Crippen molar-refractivity contribution < 1.29 is 0 Å². The highest BCUT2D eigenvalue weighted by atomic mass is 32.1. The third-order valence-corrected chi connectivity index (χ3v) is 5.67. The first-order valence-corrected chi connectivity index (χ1v) is 9.97. The number of nitrogens with zero attached hydrogens (tertiary/aromatic N) is 6. The van der Waals surface area contributed by atoms with E-state index in [2.05, 4.69) is 24.9 Å². The maximum atomic E-state index is 12.4. The Hall–Kier alpha value is -2.55. The molecular formula is C18H23N7OS. The van der Waals surface area contributed by atoms with Crippen LogP contribution in [0.4, 0.5) is 5.13 Å². The van der Waals surface area contributed by atoms with Gasteiger partial charge in [-0.05, 0) is 58.6 Å². The molecule has 0 aliphatic heterocycles. The lowest BCUT2D eigenvalue weighted by Gasteiger charge is -2.29. The molecule has 0 saturated heterocycles. The molecule has 4 rings (SSSR count). The monoisotopic (exact) mass is 385 g/mol. The van der Waals surface area contributed by atoms with E-state index in [1.54, 1.807) is 21.5 Å². The Morgan fingerprint density at radius 2 is 1.89 bits per heavy atom. The van der Waals surface area contributed by atoms with Crippen LogP contribution in [0.15, 0.2) is 23.0 Å². The second-order valence-corrected chi connectivity index (χ2v) is 7.86. The van der Waals surface area contributed by atoms with Crippen molar-refractivity contribution in [1.29, 1.82) is 0 Å². The molecule has 1 fully saturated rings. The van der Waals surface area contributed by atoms with Crippen LogP contribution in [-0.2, 0) is 0 Å². The second-order valence-electron chi connectivity index (χ2n) is 7.11. The Kier molecular flexibility index (Phi) is 4.77. The Balaban J connectivity index is 1.48. The number of aromatic nitrogens is 6. The van der Waals surface area contributed by atoms with Crippen molar-refractivity contribution in [2.75, 3.05) is 5.32 Å². The fraction of sp³-hybridized carbons (Fsp3) is 0.500. The lowest BCUT2D eigenvalue weighted by molar-refractivity contribution is 0.302. The minimum absolute atomic E-state index is 0.0589. The van der Waals surface area contributed by atoms with Crippen LogP contribution in [0.2, 0.25) is 0 Å². The summed E-state index contributed by atoms with van der Waals surface area (Å²) < 4.78 is 7.63. The standard InChI is InChI=1S/C18H23N7OS/c1-11-10-12(2)24(21-11)16-8-9-17(26)25(22-16)15-6-4-14(5-7-15)20-18-19-13(3)23-27-18/h8-10,14-15H,4-7H2,1-3H3,(H,19,20,23). The number of nitrogens with one attached hydrogen (secondary N) is 1. The molecule has 0 unspecified atom stereocenters. The molecule has 0 amide bonds. The van der Waals surface area contributed by atoms with Crippen molar-refractivity contribution in [3.8, 4) is 5.82 Å². The molecule has 0 spiro atoms. The minimum Gasteiger partial charge on any atom is -0.358 e. The molecule has 0 aromatic carbocycles. The zero-order chi connectivity index (χ0) is 19.0. The van der Waals surface area contributed by atoms with Crippen molar-refractivity contribution in [2.45, 2.75) is 58.5 Å². The quantitative estimate of drug-likeness (QED) is 0.743. The van der Waals surface area contributed by atoms with Gasteiger partial charge >= 0.3 is 0 Å². The van der Waals surface area contributed by atoms with Crippen LogP contribution in [0, 0.1) is 20.8 Å². The summed E-state index contributed by atoms with van der Waals surface area (Å²) in [5.41, 5.74) is 1.88. The summed E-state index contributed by atoms with van der Waals surface area (Å²) in [4.78, 5) is 16.8. The first-order chi connectivity index (χ1) is 13.0. The van der Waals surface area contributed by atoms with Crippen molar-refractivity contribution in [2.24, 2.45) is 0 Å². The molecular weight excluding hydrogens is 362 g/mol. The van der Waals surface area contributed by atoms with E-state index in [1.165, 1.54) is 11.5 Å². The molecule has 3 aromatic heterocycles. The maximum absolute atomic E-state index is 12.4. The van der Waals surface area contributed by atoms with E-state index in [-0.39, 0.29) is 11.6 Å². The fourth-order valence-corrected chi connectivity index (χ4v) is 4.30. The predicted molar refractivity (Wildman–Crippen MR) is 105 cm³/mol. The molecule has 3 aromatic rings. The molecule has 0 radical (unpaired) electrons. The lowest BCUT2D eigenvalue weighted by Crippen LogP contribution is -2.33. The Bertz CT molecular complexity index is 997. The molecule has 1 N–H and O–H groups in total. The molecule has 8 nitrogen and oxygen atoms in total. The van der Waals surface area contributed by atoms with Crippen LogP contribution in [0.3, 0.4) is 0 Å². The van der Waals surface area contributed by atoms with Crippen molar-refractivity contribution in [3.63, 3.8) is 0 Å². The van der Waals surface area contributed by atoms with Gasteiger partial charge in [0.2, 0.25) is 5.13 Å². The van der Waals surface area contributed by atoms with Gasteiger partial charge in [-0.3, -0.25) is 4.79 Å². The van der Waals surface area contributed by atoms with Gasteiger partial charge in [-0.2, -0.15) is 9.47 Å². The third-order valence-electron chi connectivity index (χ3n) is 4.94. The van der Waals surface area contributed by atoms with Gasteiger partial charge in [-0.25, -0.2) is 14.3 Å². The molecule has 1 saturated carbocycles. The maximum Gasteiger partial charge on any atom is 0.267 e. The molecule has 0 bridgehead atoms. The minimum atomic E-state index is -0.0589. The highest BCUT2D eigenvalue weighted by Crippen LogP contribution is 2.29. The topological polar surface area (TPSA) is 90.5 Å². The van der Waals surface area contributed by atoms with Gasteiger partial charge in [0.1, 0.15) is 5.82 Å². The van der Waals surface area contributed by atoms with Gasteiger partial charge in [-0.1, -0.05) is 0 Å². The van der Waals surface area contributed by atoms with E-state index in [0.29, 0.717) is 11.9 Å². The summed E-state index contributed by atoms with van der Waals surface area (Å²) in [6.07, 6.45) is 3.76. The molecule has 1 aliphatic rings. The first kappa shape index (κ1) is 17.8. The summed E-state index contributed by atoms with van der Waals surface area (Å²) >= 11 is 1.40. The fourth-order valence-electron chi connectivity index (χ4n) is 3.65. The highest BCUT2D eigenvalue weighted by Gasteiger charge is 2.24. The van der Waals surface area contributed by atoms with Crippen LogP contribution in [0.1, 0.15) is 48.9 Å². The van der Waals surface area contributed by atoms with Gasteiger partial charge < -0.3 is 5.32 Å². The molecule has 0 atom stereocenters. The van der Waals surface area contributed by atoms with E-state index < -0.39 is 0 Å². The summed E-state index contributed by atoms with van der Waals surface area (Å²) in [6.45, 7) is 5.84. The van der Waals surface area contributed by atoms with Gasteiger partial charge in [0, 0.05) is 29.3 Å². The second kappa shape index (κ2) is 7.22. The zero-order valence-corrected chi connectivity index (χ0v) is 16.5. The van der Waals surface area contributed by atoms with Gasteiger partial charge in [0.25, 0.3) is 5.56 Å². The van der Waals surface area contributed by atoms with E-state index in [4.69, 9.17) is 0 Å². The summed E-state index contributed by atoms with van der Waals surface area (Å²) in [7, 11) is 0. The predicted octanol–water partition coefficient (Wildman–Crippen LogP) is 2.80. The number of hydrogen-bond acceptors (Lipinski definition) is 7. The molecule has 3 heterocycles. The highest BCUT2D eigenvalue weighted by molar-refractivity contribution is 7.09. The normalized spacial score (nSPS) is 20.0. The molecule has 27 heavy (non-hydrogen) atoms. The molecule has 9 heteroatoms. The van der Waals surface area contributed by atoms with Crippen LogP contribution >= 0.6 is 11.5 Å². The number of aryl methyl sites for hydroxylation is 3. The van der Waals surface area contributed by atoms with Crippen molar-refractivity contribution in [3.05, 3.63) is 45.8 Å². The van der Waals surface area contributed by atoms with Crippen LogP contribution in [0.5, 0.6) is 0 Å². The number of anilines is 1. The number of rotatable bonds is 4. The van der Waals surface area contributed by atoms with Crippen LogP contribution in [-0.4, -0.2) is 35.0 Å². The van der Waals surface area contributed by atoms with Crippen LogP contribution in [0.25, 0.3) is 5.82 Å². The largest absolute Gasteiger partial charge is 0.358 e. The van der Waals surface area contributed by atoms with E-state index in [1.807, 2.05) is 26.8 Å². The van der Waals surface area contributed by atoms with E-state index in [9.17, 15) is 4.79 Å². The van der Waals surface area contributed by atoms with Crippen molar-refractivity contribution in [1.82, 2.24) is 28.9 Å². The average molecular weight is 385 g/mol. The molecule has 1 aliphatic carbocycles.